The van der Waals surface area contributed by atoms with Crippen LogP contribution in [0.5, 0.6) is 0 Å². The van der Waals surface area contributed by atoms with Crippen LogP contribution in [-0.2, 0) is 4.79 Å². The highest BCUT2D eigenvalue weighted by Gasteiger charge is 2.20. The quantitative estimate of drug-likeness (QED) is 0.644. The maximum atomic E-state index is 11.6. The van der Waals surface area contributed by atoms with Crippen molar-refractivity contribution in [2.75, 3.05) is 13.1 Å². The van der Waals surface area contributed by atoms with Crippen LogP contribution in [0.3, 0.4) is 0 Å². The number of nitrogens with zero attached hydrogens (tertiary/aromatic N) is 2. The number of carbonyl (C=O) groups is 1. The molecule has 1 aromatic carbocycles. The maximum absolute atomic E-state index is 11.6. The number of allylic oxidation sites excluding steroid dienone is 2. The lowest BCUT2D eigenvalue weighted by Gasteiger charge is -2.28. The van der Waals surface area contributed by atoms with Gasteiger partial charge in [-0.1, -0.05) is 30.3 Å². The number of rotatable bonds is 4. The molecule has 106 valence electrons. The molecule has 2 rings (SSSR count). The van der Waals surface area contributed by atoms with Crippen LogP contribution in [0.1, 0.15) is 12.5 Å². The number of likely N-dealkylation sites (N-methyl/N-ethyl adjacent to an activating group) is 1. The number of hydrogen-bond acceptors (Lipinski definition) is 4. The molecular weight excluding hydrogens is 256 g/mol. The second-order valence-electron chi connectivity index (χ2n) is 4.50. The molecule has 1 amide bonds. The summed E-state index contributed by atoms with van der Waals surface area (Å²) in [6.07, 6.45) is 4.29. The molecule has 0 saturated heterocycles. The van der Waals surface area contributed by atoms with E-state index in [-0.39, 0.29) is 13.1 Å². The third kappa shape index (κ3) is 3.26. The number of aliphatic hydroxyl groups is 1. The monoisotopic (exact) mass is 274 g/mol. The Kier molecular flexibility index (Phi) is 4.55. The van der Waals surface area contributed by atoms with Gasteiger partial charge in [-0.05, 0) is 30.2 Å². The molecule has 0 saturated carbocycles. The lowest BCUT2D eigenvalue weighted by molar-refractivity contribution is -0.166. The van der Waals surface area contributed by atoms with Crippen LogP contribution in [0.4, 0.5) is 0 Å². The highest BCUT2D eigenvalue weighted by Crippen LogP contribution is 2.21. The van der Waals surface area contributed by atoms with Crippen molar-refractivity contribution in [2.45, 2.75) is 13.2 Å². The van der Waals surface area contributed by atoms with Crippen LogP contribution in [0.25, 0.3) is 5.57 Å². The lowest BCUT2D eigenvalue weighted by atomic mass is 10.0. The molecular formula is C15H18N2O3. The summed E-state index contributed by atoms with van der Waals surface area (Å²) in [6.45, 7) is 1.83. The molecule has 1 heterocycles. The van der Waals surface area contributed by atoms with Gasteiger partial charge < -0.3 is 10.0 Å². The van der Waals surface area contributed by atoms with E-state index in [1.165, 1.54) is 4.90 Å². The smallest absolute Gasteiger partial charge is 0.265 e. The first kappa shape index (κ1) is 14.3. The van der Waals surface area contributed by atoms with E-state index in [0.29, 0.717) is 5.06 Å². The Morgan fingerprint density at radius 3 is 2.65 bits per heavy atom. The van der Waals surface area contributed by atoms with Gasteiger partial charge in [0.1, 0.15) is 12.8 Å². The summed E-state index contributed by atoms with van der Waals surface area (Å²) in [6, 6.07) is 9.69. The van der Waals surface area contributed by atoms with Crippen LogP contribution in [0.15, 0.2) is 48.7 Å². The summed E-state index contributed by atoms with van der Waals surface area (Å²) < 4.78 is 0. The van der Waals surface area contributed by atoms with Crippen molar-refractivity contribution in [3.05, 3.63) is 54.2 Å². The molecule has 0 fully saturated rings. The van der Waals surface area contributed by atoms with Gasteiger partial charge in [-0.2, -0.15) is 0 Å². The molecule has 1 aliphatic rings. The highest BCUT2D eigenvalue weighted by atomic mass is 16.5. The van der Waals surface area contributed by atoms with Crippen molar-refractivity contribution in [1.29, 1.82) is 0 Å². The first-order valence-electron chi connectivity index (χ1n) is 6.50. The second kappa shape index (κ2) is 6.36. The fraction of sp³-hybridized carbons (Fsp3) is 0.267. The zero-order valence-electron chi connectivity index (χ0n) is 11.3. The molecule has 0 bridgehead atoms. The van der Waals surface area contributed by atoms with Gasteiger partial charge in [-0.25, -0.2) is 5.06 Å². The van der Waals surface area contributed by atoms with Crippen LogP contribution in [0, 0.1) is 0 Å². The molecule has 0 radical (unpaired) electrons. The number of hydrogen-bond donors (Lipinski definition) is 2. The fourth-order valence-corrected chi connectivity index (χ4v) is 1.96. The van der Waals surface area contributed by atoms with Gasteiger partial charge in [-0.3, -0.25) is 10.0 Å². The minimum atomic E-state index is -0.885. The van der Waals surface area contributed by atoms with Gasteiger partial charge in [0, 0.05) is 12.7 Å². The molecule has 0 aliphatic carbocycles. The first-order chi connectivity index (χ1) is 9.61. The predicted molar refractivity (Wildman–Crippen MR) is 75.4 cm³/mol. The molecule has 1 unspecified atom stereocenters. The standard InChI is InChI=1S/C15H18N2O3/c1-2-17(20)15(19)11-16-9-8-13(10-14(16)18)12-6-4-3-5-7-12/h3-10,14,18,20H,2,11H2,1H3. The first-order valence-corrected chi connectivity index (χ1v) is 6.50. The number of benzene rings is 1. The minimum Gasteiger partial charge on any atom is -0.370 e. The fourth-order valence-electron chi connectivity index (χ4n) is 1.96. The van der Waals surface area contributed by atoms with Crippen LogP contribution >= 0.6 is 0 Å². The molecule has 5 heteroatoms. The van der Waals surface area contributed by atoms with E-state index < -0.39 is 12.1 Å². The Morgan fingerprint density at radius 2 is 2.05 bits per heavy atom. The molecule has 0 aromatic heterocycles. The zero-order valence-corrected chi connectivity index (χ0v) is 11.3. The zero-order chi connectivity index (χ0) is 14.5. The summed E-state index contributed by atoms with van der Waals surface area (Å²) in [4.78, 5) is 13.1. The predicted octanol–water partition coefficient (Wildman–Crippen LogP) is 1.46. The maximum Gasteiger partial charge on any atom is 0.265 e. The van der Waals surface area contributed by atoms with Crippen molar-refractivity contribution >= 4 is 11.5 Å². The molecule has 20 heavy (non-hydrogen) atoms. The third-order valence-electron chi connectivity index (χ3n) is 3.13. The normalized spacial score (nSPS) is 17.9. The van der Waals surface area contributed by atoms with Crippen LogP contribution in [0.2, 0.25) is 0 Å². The topological polar surface area (TPSA) is 64.0 Å². The molecule has 1 atom stereocenters. The van der Waals surface area contributed by atoms with Crippen molar-refractivity contribution in [3.8, 4) is 0 Å². The molecule has 0 spiro atoms. The summed E-state index contributed by atoms with van der Waals surface area (Å²) in [5.74, 6) is -0.451. The Morgan fingerprint density at radius 1 is 1.35 bits per heavy atom. The number of amides is 1. The molecule has 1 aliphatic heterocycles. The van der Waals surface area contributed by atoms with Gasteiger partial charge in [-0.15, -0.1) is 0 Å². The van der Waals surface area contributed by atoms with Gasteiger partial charge in [0.05, 0.1) is 0 Å². The van der Waals surface area contributed by atoms with Crippen LogP contribution in [-0.4, -0.2) is 45.5 Å². The second-order valence-corrected chi connectivity index (χ2v) is 4.50. The third-order valence-corrected chi connectivity index (χ3v) is 3.13. The highest BCUT2D eigenvalue weighted by molar-refractivity contribution is 5.78. The van der Waals surface area contributed by atoms with E-state index >= 15 is 0 Å². The average molecular weight is 274 g/mol. The van der Waals surface area contributed by atoms with Gasteiger partial charge in [0.2, 0.25) is 0 Å². The Balaban J connectivity index is 2.05. The Hall–Kier alpha value is -2.11. The van der Waals surface area contributed by atoms with Crippen molar-refractivity contribution in [1.82, 2.24) is 9.96 Å². The molecule has 1 aromatic rings. The number of aliphatic hydroxyl groups excluding tert-OH is 1. The Bertz CT molecular complexity index is 525. The number of hydroxylamine groups is 2. The van der Waals surface area contributed by atoms with E-state index in [1.54, 1.807) is 19.2 Å². The van der Waals surface area contributed by atoms with Gasteiger partial charge in [0.15, 0.2) is 0 Å². The number of carbonyl (C=O) groups excluding carboxylic acids is 1. The van der Waals surface area contributed by atoms with E-state index in [9.17, 15) is 15.1 Å². The van der Waals surface area contributed by atoms with Crippen molar-refractivity contribution < 1.29 is 15.1 Å². The van der Waals surface area contributed by atoms with Crippen LogP contribution < -0.4 is 0 Å². The minimum absolute atomic E-state index is 0.0689. The summed E-state index contributed by atoms with van der Waals surface area (Å²) in [5.41, 5.74) is 1.91. The molecule has 5 nitrogen and oxygen atoms in total. The summed E-state index contributed by atoms with van der Waals surface area (Å²) in [7, 11) is 0. The van der Waals surface area contributed by atoms with E-state index in [4.69, 9.17) is 0 Å². The van der Waals surface area contributed by atoms with E-state index in [2.05, 4.69) is 0 Å². The average Bonchev–Trinajstić information content (AvgIpc) is 2.49. The SMILES string of the molecule is CCN(O)C(=O)CN1C=CC(c2ccccc2)=CC1O. The summed E-state index contributed by atoms with van der Waals surface area (Å²) in [5, 5.41) is 20.0. The van der Waals surface area contributed by atoms with E-state index in [0.717, 1.165) is 11.1 Å². The van der Waals surface area contributed by atoms with Crippen molar-refractivity contribution in [2.24, 2.45) is 0 Å². The van der Waals surface area contributed by atoms with Gasteiger partial charge >= 0.3 is 0 Å². The Labute approximate surface area is 118 Å². The largest absolute Gasteiger partial charge is 0.370 e. The summed E-state index contributed by atoms with van der Waals surface area (Å²) >= 11 is 0. The van der Waals surface area contributed by atoms with Gasteiger partial charge in [0.25, 0.3) is 5.91 Å². The lowest BCUT2D eigenvalue weighted by Crippen LogP contribution is -2.41. The molecule has 2 N–H and O–H groups in total. The van der Waals surface area contributed by atoms with E-state index in [1.807, 2.05) is 36.4 Å². The van der Waals surface area contributed by atoms with Crippen molar-refractivity contribution in [3.63, 3.8) is 0 Å².